The van der Waals surface area contributed by atoms with Crippen molar-refractivity contribution in [3.05, 3.63) is 24.3 Å². The van der Waals surface area contributed by atoms with Crippen LogP contribution in [0.15, 0.2) is 24.3 Å². The second-order valence-electron chi connectivity index (χ2n) is 3.62. The molecule has 0 bridgehead atoms. The van der Waals surface area contributed by atoms with Crippen molar-refractivity contribution in [2.75, 3.05) is 13.6 Å². The number of hydrogen-bond donors (Lipinski definition) is 1. The van der Waals surface area contributed by atoms with Gasteiger partial charge in [0.2, 0.25) is 0 Å². The van der Waals surface area contributed by atoms with E-state index in [1.54, 1.807) is 0 Å². The lowest BCUT2D eigenvalue weighted by Gasteiger charge is -1.95. The van der Waals surface area contributed by atoms with Crippen molar-refractivity contribution in [2.45, 2.75) is 45.4 Å². The number of halogens is 1. The smallest absolute Gasteiger partial charge is 0.0134 e. The summed E-state index contributed by atoms with van der Waals surface area (Å²) in [5.74, 6) is 0. The zero-order valence-electron chi connectivity index (χ0n) is 10.2. The Balaban J connectivity index is 0. The summed E-state index contributed by atoms with van der Waals surface area (Å²) in [7, 11) is 1.96. The third-order valence-corrected chi connectivity index (χ3v) is 2.18. The predicted molar refractivity (Wildman–Crippen MR) is 72.8 cm³/mol. The van der Waals surface area contributed by atoms with E-state index in [0.29, 0.717) is 0 Å². The van der Waals surface area contributed by atoms with Crippen molar-refractivity contribution in [1.29, 1.82) is 0 Å². The highest BCUT2D eigenvalue weighted by molar-refractivity contribution is 5.85. The Morgan fingerprint density at radius 3 is 2.27 bits per heavy atom. The number of likely N-dealkylation sites (N-methyl/N-ethyl adjacent to an activating group) is 1. The molecule has 0 aromatic heterocycles. The van der Waals surface area contributed by atoms with Crippen LogP contribution >= 0.6 is 12.4 Å². The maximum absolute atomic E-state index is 3.07. The Kier molecular flexibility index (Phi) is 18.5. The molecule has 0 unspecified atom stereocenters. The van der Waals surface area contributed by atoms with Gasteiger partial charge in [0.05, 0.1) is 0 Å². The summed E-state index contributed by atoms with van der Waals surface area (Å²) in [5.41, 5.74) is 0. The van der Waals surface area contributed by atoms with Crippen molar-refractivity contribution in [1.82, 2.24) is 5.32 Å². The van der Waals surface area contributed by atoms with Crippen LogP contribution in [0.25, 0.3) is 0 Å². The molecule has 0 rings (SSSR count). The monoisotopic (exact) mass is 231 g/mol. The van der Waals surface area contributed by atoms with Gasteiger partial charge in [-0.1, -0.05) is 56.9 Å². The molecule has 1 N–H and O–H groups in total. The molecule has 0 spiro atoms. The van der Waals surface area contributed by atoms with E-state index in [0.717, 1.165) is 6.54 Å². The summed E-state index contributed by atoms with van der Waals surface area (Å²) in [6.45, 7) is 3.22. The highest BCUT2D eigenvalue weighted by Crippen LogP contribution is 2.05. The predicted octanol–water partition coefficient (Wildman–Crippen LogP) is 4.10. The average Bonchev–Trinajstić information content (AvgIpc) is 2.21. The Hall–Kier alpha value is -0.270. The Bertz CT molecular complexity index is 153. The first-order valence-electron chi connectivity index (χ1n) is 5.88. The SMILES string of the molecule is CCCCCCCC=CC=CCNC.Cl. The zero-order chi connectivity index (χ0) is 10.5. The van der Waals surface area contributed by atoms with E-state index in [-0.39, 0.29) is 12.4 Å². The Morgan fingerprint density at radius 1 is 0.933 bits per heavy atom. The van der Waals surface area contributed by atoms with E-state index in [1.165, 1.54) is 38.5 Å². The average molecular weight is 232 g/mol. The van der Waals surface area contributed by atoms with Crippen molar-refractivity contribution in [3.8, 4) is 0 Å². The van der Waals surface area contributed by atoms with Crippen molar-refractivity contribution >= 4 is 12.4 Å². The van der Waals surface area contributed by atoms with E-state index < -0.39 is 0 Å². The molecular formula is C13H26ClN. The van der Waals surface area contributed by atoms with Gasteiger partial charge in [-0.25, -0.2) is 0 Å². The molecule has 0 aliphatic carbocycles. The van der Waals surface area contributed by atoms with Gasteiger partial charge in [0.1, 0.15) is 0 Å². The van der Waals surface area contributed by atoms with Gasteiger partial charge >= 0.3 is 0 Å². The third-order valence-electron chi connectivity index (χ3n) is 2.18. The van der Waals surface area contributed by atoms with Crippen LogP contribution in [0.4, 0.5) is 0 Å². The second-order valence-corrected chi connectivity index (χ2v) is 3.62. The molecule has 0 aromatic carbocycles. The third kappa shape index (κ3) is 16.4. The van der Waals surface area contributed by atoms with E-state index in [9.17, 15) is 0 Å². The number of nitrogens with one attached hydrogen (secondary N) is 1. The lowest BCUT2D eigenvalue weighted by molar-refractivity contribution is 0.637. The Labute approximate surface area is 101 Å². The van der Waals surface area contributed by atoms with Crippen molar-refractivity contribution in [2.24, 2.45) is 0 Å². The lowest BCUT2D eigenvalue weighted by Crippen LogP contribution is -2.03. The first-order chi connectivity index (χ1) is 6.91. The fourth-order valence-corrected chi connectivity index (χ4v) is 1.30. The largest absolute Gasteiger partial charge is 0.316 e. The van der Waals surface area contributed by atoms with Crippen LogP contribution in [0, 0.1) is 0 Å². The van der Waals surface area contributed by atoms with Crippen molar-refractivity contribution in [3.63, 3.8) is 0 Å². The highest BCUT2D eigenvalue weighted by Gasteiger charge is 1.85. The minimum absolute atomic E-state index is 0. The first-order valence-corrected chi connectivity index (χ1v) is 5.88. The van der Waals surface area contributed by atoms with E-state index in [4.69, 9.17) is 0 Å². The molecule has 0 fully saturated rings. The quantitative estimate of drug-likeness (QED) is 0.465. The van der Waals surface area contributed by atoms with Gasteiger partial charge in [-0.15, -0.1) is 12.4 Å². The van der Waals surface area contributed by atoms with Crippen LogP contribution in [-0.4, -0.2) is 13.6 Å². The van der Waals surface area contributed by atoms with Gasteiger partial charge in [-0.3, -0.25) is 0 Å². The highest BCUT2D eigenvalue weighted by atomic mass is 35.5. The molecule has 0 radical (unpaired) electrons. The maximum Gasteiger partial charge on any atom is 0.0134 e. The van der Waals surface area contributed by atoms with Gasteiger partial charge in [-0.05, 0) is 19.9 Å². The fourth-order valence-electron chi connectivity index (χ4n) is 1.30. The molecule has 1 nitrogen and oxygen atoms in total. The topological polar surface area (TPSA) is 12.0 Å². The first kappa shape index (κ1) is 17.1. The number of allylic oxidation sites excluding steroid dienone is 3. The minimum Gasteiger partial charge on any atom is -0.316 e. The molecule has 0 atom stereocenters. The molecule has 2 heteroatoms. The van der Waals surface area contributed by atoms with Crippen LogP contribution < -0.4 is 5.32 Å². The number of unbranched alkanes of at least 4 members (excludes halogenated alkanes) is 5. The normalized spacial score (nSPS) is 11.1. The molecule has 0 heterocycles. The lowest BCUT2D eigenvalue weighted by atomic mass is 10.1. The van der Waals surface area contributed by atoms with E-state index in [1.807, 2.05) is 7.05 Å². The van der Waals surface area contributed by atoms with Gasteiger partial charge in [0.15, 0.2) is 0 Å². The van der Waals surface area contributed by atoms with E-state index in [2.05, 4.69) is 36.5 Å². The molecule has 0 aliphatic rings. The van der Waals surface area contributed by atoms with Crippen LogP contribution in [0.2, 0.25) is 0 Å². The summed E-state index contributed by atoms with van der Waals surface area (Å²) in [6, 6.07) is 0. The summed E-state index contributed by atoms with van der Waals surface area (Å²) in [4.78, 5) is 0. The second kappa shape index (κ2) is 16.2. The molecule has 15 heavy (non-hydrogen) atoms. The van der Waals surface area contributed by atoms with E-state index >= 15 is 0 Å². The number of hydrogen-bond acceptors (Lipinski definition) is 1. The molecule has 0 saturated heterocycles. The Morgan fingerprint density at radius 2 is 1.60 bits per heavy atom. The molecule has 90 valence electrons. The van der Waals surface area contributed by atoms with Crippen molar-refractivity contribution < 1.29 is 0 Å². The van der Waals surface area contributed by atoms with Gasteiger partial charge in [0.25, 0.3) is 0 Å². The molecule has 0 aliphatic heterocycles. The standard InChI is InChI=1S/C13H25N.ClH/c1-3-4-5-6-7-8-9-10-11-12-13-14-2;/h9-12,14H,3-8,13H2,1-2H3;1H. The van der Waals surface area contributed by atoms with Gasteiger partial charge in [0, 0.05) is 6.54 Å². The van der Waals surface area contributed by atoms with Crippen LogP contribution in [-0.2, 0) is 0 Å². The van der Waals surface area contributed by atoms with Crippen LogP contribution in [0.1, 0.15) is 45.4 Å². The maximum atomic E-state index is 3.07. The molecule has 0 saturated carbocycles. The molecular weight excluding hydrogens is 206 g/mol. The summed E-state index contributed by atoms with van der Waals surface area (Å²) in [6.07, 6.45) is 16.8. The molecule has 0 amide bonds. The molecule has 0 aromatic rings. The fraction of sp³-hybridized carbons (Fsp3) is 0.692. The summed E-state index contributed by atoms with van der Waals surface area (Å²) < 4.78 is 0. The number of rotatable bonds is 9. The van der Waals surface area contributed by atoms with Gasteiger partial charge < -0.3 is 5.32 Å². The minimum atomic E-state index is 0. The van der Waals surface area contributed by atoms with Crippen LogP contribution in [0.5, 0.6) is 0 Å². The van der Waals surface area contributed by atoms with Gasteiger partial charge in [-0.2, -0.15) is 0 Å². The van der Waals surface area contributed by atoms with Crippen LogP contribution in [0.3, 0.4) is 0 Å². The summed E-state index contributed by atoms with van der Waals surface area (Å²) in [5, 5.41) is 3.07. The zero-order valence-corrected chi connectivity index (χ0v) is 11.0. The summed E-state index contributed by atoms with van der Waals surface area (Å²) >= 11 is 0.